The van der Waals surface area contributed by atoms with Gasteiger partial charge in [-0.1, -0.05) is 48.5 Å². The molecule has 194 valence electrons. The Morgan fingerprint density at radius 3 is 2.46 bits per heavy atom. The lowest BCUT2D eigenvalue weighted by atomic mass is 9.90. The Bertz CT molecular complexity index is 1210. The fraction of sp³-hybridized carbons (Fsp3) is 0.367. The van der Waals surface area contributed by atoms with Crippen LogP contribution >= 0.6 is 0 Å². The van der Waals surface area contributed by atoms with Gasteiger partial charge in [0.15, 0.2) is 0 Å². The van der Waals surface area contributed by atoms with Crippen molar-refractivity contribution >= 4 is 11.9 Å². The molecular weight excluding hydrogens is 464 g/mol. The van der Waals surface area contributed by atoms with Crippen LogP contribution in [0.5, 0.6) is 5.75 Å². The largest absolute Gasteiger partial charge is 0.494 e. The average molecular weight is 501 g/mol. The Morgan fingerprint density at radius 1 is 1.03 bits per heavy atom. The zero-order valence-corrected chi connectivity index (χ0v) is 21.9. The fourth-order valence-corrected chi connectivity index (χ4v) is 4.75. The van der Waals surface area contributed by atoms with Gasteiger partial charge in [0.2, 0.25) is 0 Å². The number of carbonyl (C=O) groups is 2. The number of aromatic nitrogens is 1. The first kappa shape index (κ1) is 26.2. The van der Waals surface area contributed by atoms with Gasteiger partial charge in [0.1, 0.15) is 5.75 Å². The lowest BCUT2D eigenvalue weighted by Crippen LogP contribution is -2.45. The van der Waals surface area contributed by atoms with E-state index in [1.807, 2.05) is 92.4 Å². The van der Waals surface area contributed by atoms with E-state index in [2.05, 4.69) is 10.6 Å². The number of benzene rings is 2. The third kappa shape index (κ3) is 6.67. The highest BCUT2D eigenvalue weighted by molar-refractivity contribution is 5.95. The molecule has 1 saturated heterocycles. The molecule has 2 heterocycles. The number of nitrogens with one attached hydrogen (secondary N) is 2. The van der Waals surface area contributed by atoms with Crippen molar-refractivity contribution in [2.24, 2.45) is 0 Å². The molecule has 4 rings (SSSR count). The zero-order chi connectivity index (χ0) is 26.2. The number of nitrogens with zero attached hydrogens (tertiary/aromatic N) is 2. The van der Waals surface area contributed by atoms with Crippen molar-refractivity contribution < 1.29 is 14.3 Å². The topological polar surface area (TPSA) is 83.6 Å². The van der Waals surface area contributed by atoms with Crippen LogP contribution in [0.4, 0.5) is 4.79 Å². The van der Waals surface area contributed by atoms with Crippen LogP contribution in [0, 0.1) is 6.92 Å². The molecule has 0 bridgehead atoms. The van der Waals surface area contributed by atoms with Crippen molar-refractivity contribution in [1.29, 1.82) is 0 Å². The van der Waals surface area contributed by atoms with Crippen LogP contribution < -0.4 is 15.4 Å². The first-order chi connectivity index (χ1) is 18.0. The number of pyridine rings is 1. The van der Waals surface area contributed by atoms with E-state index in [0.29, 0.717) is 31.8 Å². The molecule has 7 nitrogen and oxygen atoms in total. The molecular formula is C30H36N4O3. The average Bonchev–Trinajstić information content (AvgIpc) is 2.93. The minimum atomic E-state index is -0.148. The van der Waals surface area contributed by atoms with Crippen molar-refractivity contribution in [3.8, 4) is 5.75 Å². The number of para-hydroxylation sites is 1. The van der Waals surface area contributed by atoms with Gasteiger partial charge in [0.25, 0.3) is 5.91 Å². The van der Waals surface area contributed by atoms with Gasteiger partial charge < -0.3 is 20.3 Å². The van der Waals surface area contributed by atoms with E-state index >= 15 is 0 Å². The first-order valence-electron chi connectivity index (χ1n) is 13.0. The summed E-state index contributed by atoms with van der Waals surface area (Å²) in [5.41, 5.74) is 4.30. The first-order valence-corrected chi connectivity index (χ1v) is 13.0. The van der Waals surface area contributed by atoms with Crippen LogP contribution in [0.15, 0.2) is 66.7 Å². The third-order valence-corrected chi connectivity index (χ3v) is 6.83. The molecule has 7 heteroatoms. The summed E-state index contributed by atoms with van der Waals surface area (Å²) in [5.74, 6) is 0.748. The molecule has 0 saturated carbocycles. The van der Waals surface area contributed by atoms with Crippen LogP contribution in [0.3, 0.4) is 0 Å². The second kappa shape index (κ2) is 12.4. The van der Waals surface area contributed by atoms with Gasteiger partial charge in [-0.15, -0.1) is 0 Å². The molecule has 2 aromatic carbocycles. The van der Waals surface area contributed by atoms with Crippen molar-refractivity contribution in [2.45, 2.75) is 52.1 Å². The van der Waals surface area contributed by atoms with Gasteiger partial charge in [0, 0.05) is 36.8 Å². The maximum atomic E-state index is 13.2. The summed E-state index contributed by atoms with van der Waals surface area (Å²) in [5, 5.41) is 6.15. The van der Waals surface area contributed by atoms with Gasteiger partial charge in [-0.25, -0.2) is 4.79 Å². The Labute approximate surface area is 219 Å². The maximum Gasteiger partial charge on any atom is 0.317 e. The summed E-state index contributed by atoms with van der Waals surface area (Å²) in [6.07, 6.45) is 1.52. The standard InChI is InChI=1S/C30H36N4O3/c1-4-37-27-13-9-8-12-25(27)20-31-29(35)26-15-14-21(2)32-28(26)24-16-18-34(19-17-24)30(36)33-22(3)23-10-6-5-7-11-23/h5-15,22,24H,4,16-20H2,1-3H3,(H,31,35)(H,33,36)/t22-/m0/s1. The zero-order valence-electron chi connectivity index (χ0n) is 21.9. The highest BCUT2D eigenvalue weighted by Crippen LogP contribution is 2.30. The highest BCUT2D eigenvalue weighted by Gasteiger charge is 2.28. The van der Waals surface area contributed by atoms with Crippen molar-refractivity contribution in [3.63, 3.8) is 0 Å². The predicted molar refractivity (Wildman–Crippen MR) is 145 cm³/mol. The fourth-order valence-electron chi connectivity index (χ4n) is 4.75. The number of urea groups is 1. The second-order valence-corrected chi connectivity index (χ2v) is 9.45. The van der Waals surface area contributed by atoms with E-state index in [1.54, 1.807) is 0 Å². The number of amides is 3. The van der Waals surface area contributed by atoms with Crippen molar-refractivity contribution in [3.05, 3.63) is 94.8 Å². The Kier molecular flexibility index (Phi) is 8.77. The van der Waals surface area contributed by atoms with Gasteiger partial charge >= 0.3 is 6.03 Å². The number of piperidine rings is 1. The normalized spacial score (nSPS) is 14.6. The summed E-state index contributed by atoms with van der Waals surface area (Å²) < 4.78 is 5.69. The monoisotopic (exact) mass is 500 g/mol. The summed E-state index contributed by atoms with van der Waals surface area (Å²) in [6.45, 7) is 8.07. The van der Waals surface area contributed by atoms with Crippen LogP contribution in [0.25, 0.3) is 0 Å². The number of likely N-dealkylation sites (tertiary alicyclic amines) is 1. The molecule has 0 radical (unpaired) electrons. The van der Waals surface area contributed by atoms with Gasteiger partial charge in [0.05, 0.1) is 23.9 Å². The Morgan fingerprint density at radius 2 is 1.73 bits per heavy atom. The molecule has 1 atom stereocenters. The van der Waals surface area contributed by atoms with Gasteiger partial charge in [-0.05, 0) is 57.4 Å². The number of hydrogen-bond donors (Lipinski definition) is 2. The molecule has 1 aliphatic heterocycles. The lowest BCUT2D eigenvalue weighted by Gasteiger charge is -2.33. The molecule has 0 aliphatic carbocycles. The minimum absolute atomic E-state index is 0.0575. The molecule has 37 heavy (non-hydrogen) atoms. The Hall–Kier alpha value is -3.87. The lowest BCUT2D eigenvalue weighted by molar-refractivity contribution is 0.0947. The van der Waals surface area contributed by atoms with Gasteiger partial charge in [-0.3, -0.25) is 9.78 Å². The molecule has 1 fully saturated rings. The summed E-state index contributed by atoms with van der Waals surface area (Å²) in [7, 11) is 0. The van der Waals surface area contributed by atoms with Gasteiger partial charge in [-0.2, -0.15) is 0 Å². The number of hydrogen-bond acceptors (Lipinski definition) is 4. The van der Waals surface area contributed by atoms with E-state index in [9.17, 15) is 9.59 Å². The van der Waals surface area contributed by atoms with Crippen LogP contribution in [-0.4, -0.2) is 41.5 Å². The van der Waals surface area contributed by atoms with Crippen LogP contribution in [0.1, 0.15) is 71.5 Å². The smallest absolute Gasteiger partial charge is 0.317 e. The molecule has 0 unspecified atom stereocenters. The summed E-state index contributed by atoms with van der Waals surface area (Å²) in [4.78, 5) is 32.7. The number of ether oxygens (including phenoxy) is 1. The second-order valence-electron chi connectivity index (χ2n) is 9.45. The van der Waals surface area contributed by atoms with E-state index in [0.717, 1.165) is 41.1 Å². The van der Waals surface area contributed by atoms with Crippen molar-refractivity contribution in [2.75, 3.05) is 19.7 Å². The number of rotatable bonds is 8. The Balaban J connectivity index is 1.38. The molecule has 1 aromatic heterocycles. The number of carbonyl (C=O) groups excluding carboxylic acids is 2. The molecule has 0 spiro atoms. The highest BCUT2D eigenvalue weighted by atomic mass is 16.5. The predicted octanol–water partition coefficient (Wildman–Crippen LogP) is 5.37. The van der Waals surface area contributed by atoms with E-state index in [4.69, 9.17) is 9.72 Å². The number of aryl methyl sites for hydroxylation is 1. The maximum absolute atomic E-state index is 13.2. The molecule has 3 aromatic rings. The minimum Gasteiger partial charge on any atom is -0.494 e. The van der Waals surface area contributed by atoms with E-state index in [1.165, 1.54) is 0 Å². The van der Waals surface area contributed by atoms with E-state index in [-0.39, 0.29) is 23.9 Å². The van der Waals surface area contributed by atoms with Crippen molar-refractivity contribution in [1.82, 2.24) is 20.5 Å². The van der Waals surface area contributed by atoms with E-state index < -0.39 is 0 Å². The SMILES string of the molecule is CCOc1ccccc1CNC(=O)c1ccc(C)nc1C1CCN(C(=O)N[C@@H](C)c2ccccc2)CC1. The summed E-state index contributed by atoms with van der Waals surface area (Å²) in [6, 6.07) is 21.3. The molecule has 2 N–H and O–H groups in total. The summed E-state index contributed by atoms with van der Waals surface area (Å²) >= 11 is 0. The van der Waals surface area contributed by atoms with Crippen LogP contribution in [0.2, 0.25) is 0 Å². The molecule has 3 amide bonds. The quantitative estimate of drug-likeness (QED) is 0.436. The van der Waals surface area contributed by atoms with Crippen LogP contribution in [-0.2, 0) is 6.54 Å². The molecule has 1 aliphatic rings. The third-order valence-electron chi connectivity index (χ3n) is 6.83.